The van der Waals surface area contributed by atoms with E-state index in [9.17, 15) is 14.0 Å². The Morgan fingerprint density at radius 3 is 2.35 bits per heavy atom. The number of hydrogen-bond donors (Lipinski definition) is 0. The van der Waals surface area contributed by atoms with E-state index in [1.807, 2.05) is 49.9 Å². The van der Waals surface area contributed by atoms with Crippen molar-refractivity contribution < 1.29 is 32.9 Å². The van der Waals surface area contributed by atoms with E-state index in [1.54, 1.807) is 24.1 Å². The largest absolute Gasteiger partial charge is 0.493 e. The van der Waals surface area contributed by atoms with Gasteiger partial charge in [-0.1, -0.05) is 24.3 Å². The number of amides is 2. The maximum atomic E-state index is 13.5. The van der Waals surface area contributed by atoms with Gasteiger partial charge in [-0.3, -0.25) is 4.79 Å². The number of carbonyl (C=O) groups excluding carboxylic acids is 2. The van der Waals surface area contributed by atoms with Gasteiger partial charge in [-0.2, -0.15) is 0 Å². The zero-order chi connectivity index (χ0) is 28.7. The lowest BCUT2D eigenvalue weighted by Gasteiger charge is -2.39. The summed E-state index contributed by atoms with van der Waals surface area (Å²) in [5.41, 5.74) is 0.202. The first-order chi connectivity index (χ1) is 19.1. The lowest BCUT2D eigenvalue weighted by Crippen LogP contribution is -2.51. The van der Waals surface area contributed by atoms with E-state index in [4.69, 9.17) is 18.9 Å². The summed E-state index contributed by atoms with van der Waals surface area (Å²) in [4.78, 5) is 30.2. The Morgan fingerprint density at radius 1 is 1.02 bits per heavy atom. The average molecular weight is 557 g/mol. The number of ether oxygens (including phenoxy) is 4. The number of rotatable bonds is 8. The Morgan fingerprint density at radius 2 is 1.70 bits per heavy atom. The molecule has 0 aromatic heterocycles. The minimum absolute atomic E-state index is 0.0596. The first kappa shape index (κ1) is 29.6. The first-order valence-corrected chi connectivity index (χ1v) is 14.0. The number of morpholine rings is 1. The molecule has 0 radical (unpaired) electrons. The van der Waals surface area contributed by atoms with Crippen molar-refractivity contribution in [2.45, 2.75) is 70.7 Å². The molecule has 2 aromatic carbocycles. The highest BCUT2D eigenvalue weighted by molar-refractivity contribution is 5.79. The molecule has 40 heavy (non-hydrogen) atoms. The van der Waals surface area contributed by atoms with Gasteiger partial charge in [-0.25, -0.2) is 9.18 Å². The predicted molar refractivity (Wildman–Crippen MR) is 149 cm³/mol. The van der Waals surface area contributed by atoms with Gasteiger partial charge in [0.1, 0.15) is 24.1 Å². The van der Waals surface area contributed by atoms with Gasteiger partial charge in [-0.15, -0.1) is 0 Å². The summed E-state index contributed by atoms with van der Waals surface area (Å²) in [5.74, 6) is 1.01. The lowest BCUT2D eigenvalue weighted by atomic mass is 9.84. The van der Waals surface area contributed by atoms with Gasteiger partial charge in [-0.05, 0) is 76.3 Å². The Balaban J connectivity index is 1.33. The maximum Gasteiger partial charge on any atom is 0.410 e. The summed E-state index contributed by atoms with van der Waals surface area (Å²) >= 11 is 0. The van der Waals surface area contributed by atoms with E-state index in [2.05, 4.69) is 0 Å². The van der Waals surface area contributed by atoms with Crippen LogP contribution in [-0.2, 0) is 20.8 Å². The molecule has 0 spiro atoms. The predicted octanol–water partition coefficient (Wildman–Crippen LogP) is 5.44. The van der Waals surface area contributed by atoms with Crippen molar-refractivity contribution in [2.24, 2.45) is 5.92 Å². The van der Waals surface area contributed by atoms with Crippen LogP contribution in [0.25, 0.3) is 0 Å². The number of nitrogens with zero attached hydrogens (tertiary/aromatic N) is 2. The molecule has 1 heterocycles. The van der Waals surface area contributed by atoms with Gasteiger partial charge >= 0.3 is 6.09 Å². The fraction of sp³-hybridized carbons (Fsp3) is 0.548. The van der Waals surface area contributed by atoms with Crippen LogP contribution in [-0.4, -0.2) is 73.0 Å². The molecule has 1 aliphatic heterocycles. The molecule has 2 aromatic rings. The molecule has 0 unspecified atom stereocenters. The molecule has 8 nitrogen and oxygen atoms in total. The number of hydrogen-bond acceptors (Lipinski definition) is 6. The van der Waals surface area contributed by atoms with Gasteiger partial charge in [0.05, 0.1) is 20.3 Å². The molecule has 218 valence electrons. The van der Waals surface area contributed by atoms with Crippen LogP contribution in [0.2, 0.25) is 0 Å². The molecular weight excluding hydrogens is 515 g/mol. The monoisotopic (exact) mass is 556 g/mol. The molecule has 0 N–H and O–H groups in total. The molecule has 9 heteroatoms. The zero-order valence-electron chi connectivity index (χ0n) is 23.9. The molecule has 2 fully saturated rings. The lowest BCUT2D eigenvalue weighted by molar-refractivity contribution is -0.145. The number of carbonyl (C=O) groups is 2. The van der Waals surface area contributed by atoms with Crippen molar-refractivity contribution >= 4 is 12.0 Å². The molecule has 2 aliphatic rings. The third kappa shape index (κ3) is 8.10. The second kappa shape index (κ2) is 13.4. The normalized spacial score (nSPS) is 21.4. The molecule has 4 rings (SSSR count). The Kier molecular flexibility index (Phi) is 9.90. The Labute approximate surface area is 236 Å². The van der Waals surface area contributed by atoms with Crippen LogP contribution in [0.5, 0.6) is 11.5 Å². The van der Waals surface area contributed by atoms with Crippen LogP contribution in [0.3, 0.4) is 0 Å². The van der Waals surface area contributed by atoms with Crippen LogP contribution < -0.4 is 9.47 Å². The quantitative estimate of drug-likeness (QED) is 0.431. The number of halogens is 1. The van der Waals surface area contributed by atoms with E-state index in [1.165, 1.54) is 12.1 Å². The van der Waals surface area contributed by atoms with Crippen LogP contribution >= 0.6 is 0 Å². The number of para-hydroxylation sites is 2. The summed E-state index contributed by atoms with van der Waals surface area (Å²) in [6, 6.07) is 13.6. The van der Waals surface area contributed by atoms with Gasteiger partial charge < -0.3 is 28.7 Å². The summed E-state index contributed by atoms with van der Waals surface area (Å²) in [6.07, 6.45) is 2.15. The second-order valence-corrected chi connectivity index (χ2v) is 11.5. The minimum Gasteiger partial charge on any atom is -0.493 e. The average Bonchev–Trinajstić information content (AvgIpc) is 2.95. The SMILES string of the molecule is COc1ccccc1OC[C@@H]1CN(C(=O)C2CCC(N(Cc3ccc(F)cc3)C(=O)OC(C)(C)C)CC2)CCO1. The topological polar surface area (TPSA) is 77.5 Å². The second-order valence-electron chi connectivity index (χ2n) is 11.5. The molecule has 1 aliphatic carbocycles. The highest BCUT2D eigenvalue weighted by Crippen LogP contribution is 2.32. The fourth-order valence-electron chi connectivity index (χ4n) is 5.28. The smallest absolute Gasteiger partial charge is 0.410 e. The van der Waals surface area contributed by atoms with Crippen molar-refractivity contribution in [3.8, 4) is 11.5 Å². The van der Waals surface area contributed by atoms with E-state index in [0.717, 1.165) is 5.56 Å². The van der Waals surface area contributed by atoms with Gasteiger partial charge in [0, 0.05) is 25.0 Å². The zero-order valence-corrected chi connectivity index (χ0v) is 23.9. The van der Waals surface area contributed by atoms with Crippen LogP contribution in [0.4, 0.5) is 9.18 Å². The molecule has 1 atom stereocenters. The van der Waals surface area contributed by atoms with Crippen molar-refractivity contribution in [3.05, 3.63) is 59.9 Å². The summed E-state index contributed by atoms with van der Waals surface area (Å²) in [6.45, 7) is 7.67. The third-order valence-corrected chi connectivity index (χ3v) is 7.33. The van der Waals surface area contributed by atoms with E-state index in [-0.39, 0.29) is 29.8 Å². The highest BCUT2D eigenvalue weighted by Gasteiger charge is 2.36. The van der Waals surface area contributed by atoms with Crippen molar-refractivity contribution in [3.63, 3.8) is 0 Å². The van der Waals surface area contributed by atoms with Gasteiger partial charge in [0.25, 0.3) is 0 Å². The summed E-state index contributed by atoms with van der Waals surface area (Å²) in [7, 11) is 1.60. The molecule has 1 saturated heterocycles. The van der Waals surface area contributed by atoms with Crippen molar-refractivity contribution in [1.82, 2.24) is 9.80 Å². The van der Waals surface area contributed by atoms with Crippen molar-refractivity contribution in [1.29, 1.82) is 0 Å². The third-order valence-electron chi connectivity index (χ3n) is 7.33. The Hall–Kier alpha value is -3.33. The molecule has 2 amide bonds. The fourth-order valence-corrected chi connectivity index (χ4v) is 5.28. The number of methoxy groups -OCH3 is 1. The maximum absolute atomic E-state index is 13.5. The van der Waals surface area contributed by atoms with E-state index >= 15 is 0 Å². The summed E-state index contributed by atoms with van der Waals surface area (Å²) in [5, 5.41) is 0. The molecular formula is C31H41FN2O6. The first-order valence-electron chi connectivity index (χ1n) is 14.0. The highest BCUT2D eigenvalue weighted by atomic mass is 19.1. The van der Waals surface area contributed by atoms with Crippen LogP contribution in [0.1, 0.15) is 52.0 Å². The van der Waals surface area contributed by atoms with E-state index in [0.29, 0.717) is 70.0 Å². The minimum atomic E-state index is -0.631. The standard InChI is InChI=1S/C31H41FN2O6/c1-31(2,3)40-30(36)34(19-22-9-13-24(32)14-10-22)25-15-11-23(12-16-25)29(35)33-17-18-38-26(20-33)21-39-28-8-6-5-7-27(28)37-4/h5-10,13-14,23,25-26H,11-12,15-21H2,1-4H3/t23?,25?,26-/m0/s1. The van der Waals surface area contributed by atoms with Gasteiger partial charge in [0.15, 0.2) is 11.5 Å². The molecule has 0 bridgehead atoms. The molecule has 1 saturated carbocycles. The van der Waals surface area contributed by atoms with Crippen LogP contribution in [0, 0.1) is 11.7 Å². The van der Waals surface area contributed by atoms with Crippen LogP contribution in [0.15, 0.2) is 48.5 Å². The summed E-state index contributed by atoms with van der Waals surface area (Å²) < 4.78 is 36.3. The number of benzene rings is 2. The van der Waals surface area contributed by atoms with E-state index < -0.39 is 11.7 Å². The van der Waals surface area contributed by atoms with Crippen molar-refractivity contribution in [2.75, 3.05) is 33.4 Å². The Bertz CT molecular complexity index is 1130. The van der Waals surface area contributed by atoms with Gasteiger partial charge in [0.2, 0.25) is 5.91 Å².